The lowest BCUT2D eigenvalue weighted by Gasteiger charge is -2.29. The molecule has 1 heterocycles. The van der Waals surface area contributed by atoms with E-state index in [0.717, 1.165) is 30.6 Å². The van der Waals surface area contributed by atoms with Gasteiger partial charge in [0.2, 0.25) is 0 Å². The van der Waals surface area contributed by atoms with E-state index in [1.165, 1.54) is 18.4 Å². The summed E-state index contributed by atoms with van der Waals surface area (Å²) in [5.74, 6) is 0.649. The van der Waals surface area contributed by atoms with E-state index in [4.69, 9.17) is 0 Å². The second-order valence-corrected chi connectivity index (χ2v) is 5.96. The number of hydrogen-bond donors (Lipinski definition) is 2. The zero-order valence-electron chi connectivity index (χ0n) is 11.2. The van der Waals surface area contributed by atoms with E-state index in [-0.39, 0.29) is 6.42 Å². The minimum absolute atomic E-state index is 0.257. The Kier molecular flexibility index (Phi) is 3.85. The maximum Gasteiger partial charge on any atom is 0.107 e. The Morgan fingerprint density at radius 2 is 2.26 bits per heavy atom. The molecule has 3 heteroatoms. The van der Waals surface area contributed by atoms with Crippen molar-refractivity contribution in [3.05, 3.63) is 34.9 Å². The summed E-state index contributed by atoms with van der Waals surface area (Å²) in [6, 6.07) is 6.08. The summed E-state index contributed by atoms with van der Waals surface area (Å²) in [4.78, 5) is 0. The molecular weight excluding hydrogens is 241 g/mol. The predicted molar refractivity (Wildman–Crippen MR) is 73.9 cm³/mol. The Bertz CT molecular complexity index is 442. The van der Waals surface area contributed by atoms with Crippen molar-refractivity contribution in [3.63, 3.8) is 0 Å². The van der Waals surface area contributed by atoms with E-state index in [2.05, 4.69) is 11.4 Å². The summed E-state index contributed by atoms with van der Waals surface area (Å²) in [5.41, 5.74) is 3.25. The molecule has 2 aliphatic rings. The van der Waals surface area contributed by atoms with Crippen LogP contribution in [-0.2, 0) is 12.8 Å². The third kappa shape index (κ3) is 2.82. The Morgan fingerprint density at radius 1 is 1.37 bits per heavy atom. The fraction of sp³-hybridized carbons (Fsp3) is 0.625. The summed E-state index contributed by atoms with van der Waals surface area (Å²) in [7, 11) is 0. The smallest absolute Gasteiger partial charge is 0.107 e. The molecule has 19 heavy (non-hydrogen) atoms. The Balaban J connectivity index is 1.83. The lowest BCUT2D eigenvalue weighted by molar-refractivity contribution is 0.113. The van der Waals surface area contributed by atoms with Crippen molar-refractivity contribution in [3.8, 4) is 0 Å². The first-order valence-corrected chi connectivity index (χ1v) is 7.37. The van der Waals surface area contributed by atoms with Gasteiger partial charge in [-0.1, -0.05) is 18.2 Å². The number of benzene rings is 1. The SMILES string of the molecule is OC1CC(F)Cc2cccc(C[C@H]3CCCNC3)c21. The molecule has 1 aliphatic heterocycles. The van der Waals surface area contributed by atoms with Gasteiger partial charge < -0.3 is 10.4 Å². The number of piperidine rings is 1. The third-order valence-electron chi connectivity index (χ3n) is 4.45. The molecule has 1 fully saturated rings. The van der Waals surface area contributed by atoms with Crippen LogP contribution in [0.4, 0.5) is 4.39 Å². The number of rotatable bonds is 2. The molecule has 104 valence electrons. The molecule has 0 amide bonds. The van der Waals surface area contributed by atoms with Gasteiger partial charge in [-0.05, 0) is 55.0 Å². The van der Waals surface area contributed by atoms with Crippen molar-refractivity contribution < 1.29 is 9.50 Å². The lowest BCUT2D eigenvalue weighted by atomic mass is 9.81. The predicted octanol–water partition coefficient (Wildman–Crippen LogP) is 2.55. The van der Waals surface area contributed by atoms with Crippen molar-refractivity contribution >= 4 is 0 Å². The van der Waals surface area contributed by atoms with Gasteiger partial charge in [0.1, 0.15) is 6.17 Å². The first-order valence-electron chi connectivity index (χ1n) is 7.37. The van der Waals surface area contributed by atoms with Crippen molar-refractivity contribution in [2.75, 3.05) is 13.1 Å². The van der Waals surface area contributed by atoms with Gasteiger partial charge in [-0.3, -0.25) is 0 Å². The molecule has 0 spiro atoms. The van der Waals surface area contributed by atoms with Crippen LogP contribution in [0.3, 0.4) is 0 Å². The molecule has 1 aromatic rings. The second-order valence-electron chi connectivity index (χ2n) is 5.96. The van der Waals surface area contributed by atoms with E-state index in [0.29, 0.717) is 12.3 Å². The van der Waals surface area contributed by atoms with Crippen LogP contribution in [0.25, 0.3) is 0 Å². The van der Waals surface area contributed by atoms with Gasteiger partial charge in [0.25, 0.3) is 0 Å². The van der Waals surface area contributed by atoms with Crippen LogP contribution >= 0.6 is 0 Å². The van der Waals surface area contributed by atoms with Gasteiger partial charge in [-0.2, -0.15) is 0 Å². The molecule has 1 saturated heterocycles. The number of aliphatic hydroxyl groups excluding tert-OH is 1. The van der Waals surface area contributed by atoms with Gasteiger partial charge >= 0.3 is 0 Å². The summed E-state index contributed by atoms with van der Waals surface area (Å²) in [6.07, 6.45) is 2.69. The molecule has 3 rings (SSSR count). The van der Waals surface area contributed by atoms with Crippen LogP contribution in [-0.4, -0.2) is 24.4 Å². The van der Waals surface area contributed by atoms with Crippen molar-refractivity contribution in [2.24, 2.45) is 5.92 Å². The molecule has 0 radical (unpaired) electrons. The fourth-order valence-corrected chi connectivity index (χ4v) is 3.54. The van der Waals surface area contributed by atoms with Crippen molar-refractivity contribution in [2.45, 2.75) is 44.4 Å². The highest BCUT2D eigenvalue weighted by molar-refractivity contribution is 5.39. The number of halogens is 1. The van der Waals surface area contributed by atoms with Crippen LogP contribution in [0.1, 0.15) is 42.1 Å². The largest absolute Gasteiger partial charge is 0.388 e. The molecule has 1 aromatic carbocycles. The zero-order chi connectivity index (χ0) is 13.2. The van der Waals surface area contributed by atoms with Gasteiger partial charge in [0.05, 0.1) is 6.10 Å². The summed E-state index contributed by atoms with van der Waals surface area (Å²) >= 11 is 0. The van der Waals surface area contributed by atoms with Crippen molar-refractivity contribution in [1.29, 1.82) is 0 Å². The average molecular weight is 263 g/mol. The topological polar surface area (TPSA) is 32.3 Å². The van der Waals surface area contributed by atoms with Gasteiger partial charge in [-0.25, -0.2) is 4.39 Å². The standard InChI is InChI=1S/C16H22FNO/c17-14-8-13-5-1-4-12(16(13)15(19)9-14)7-11-3-2-6-18-10-11/h1,4-5,11,14-15,18-19H,2-3,6-10H2/t11-,14?,15?/m1/s1. The third-order valence-corrected chi connectivity index (χ3v) is 4.45. The van der Waals surface area contributed by atoms with Gasteiger partial charge in [0.15, 0.2) is 0 Å². The van der Waals surface area contributed by atoms with Crippen LogP contribution in [0.5, 0.6) is 0 Å². The molecule has 1 aliphatic carbocycles. The van der Waals surface area contributed by atoms with Gasteiger partial charge in [0, 0.05) is 12.8 Å². The minimum Gasteiger partial charge on any atom is -0.388 e. The molecule has 0 bridgehead atoms. The van der Waals surface area contributed by atoms with Crippen molar-refractivity contribution in [1.82, 2.24) is 5.32 Å². The van der Waals surface area contributed by atoms with E-state index < -0.39 is 12.3 Å². The van der Waals surface area contributed by atoms with E-state index in [1.54, 1.807) is 0 Å². The molecule has 0 aromatic heterocycles. The Hall–Kier alpha value is -0.930. The highest BCUT2D eigenvalue weighted by Gasteiger charge is 2.28. The fourth-order valence-electron chi connectivity index (χ4n) is 3.54. The number of nitrogens with one attached hydrogen (secondary N) is 1. The Labute approximate surface area is 114 Å². The van der Waals surface area contributed by atoms with Crippen LogP contribution in [0, 0.1) is 5.92 Å². The molecular formula is C16H22FNO. The molecule has 2 nitrogen and oxygen atoms in total. The maximum absolute atomic E-state index is 13.5. The van der Waals surface area contributed by atoms with Crippen LogP contribution in [0.15, 0.2) is 18.2 Å². The minimum atomic E-state index is -0.894. The van der Waals surface area contributed by atoms with Gasteiger partial charge in [-0.15, -0.1) is 0 Å². The Morgan fingerprint density at radius 3 is 3.05 bits per heavy atom. The van der Waals surface area contributed by atoms with E-state index in [1.807, 2.05) is 12.1 Å². The summed E-state index contributed by atoms with van der Waals surface area (Å²) in [5, 5.41) is 13.6. The first kappa shape index (κ1) is 13.1. The van der Waals surface area contributed by atoms with E-state index in [9.17, 15) is 9.50 Å². The molecule has 2 unspecified atom stereocenters. The number of hydrogen-bond acceptors (Lipinski definition) is 2. The van der Waals surface area contributed by atoms with Crippen LogP contribution in [0.2, 0.25) is 0 Å². The number of aliphatic hydroxyl groups is 1. The highest BCUT2D eigenvalue weighted by Crippen LogP contribution is 2.35. The monoisotopic (exact) mass is 263 g/mol. The number of alkyl halides is 1. The summed E-state index contributed by atoms with van der Waals surface area (Å²) in [6.45, 7) is 2.18. The first-order chi connectivity index (χ1) is 9.24. The normalized spacial score (nSPS) is 30.9. The zero-order valence-corrected chi connectivity index (χ0v) is 11.2. The molecule has 0 saturated carbocycles. The summed E-state index contributed by atoms with van der Waals surface area (Å²) < 4.78 is 13.5. The quantitative estimate of drug-likeness (QED) is 0.859. The van der Waals surface area contributed by atoms with E-state index >= 15 is 0 Å². The maximum atomic E-state index is 13.5. The number of fused-ring (bicyclic) bond motifs is 1. The molecule has 3 atom stereocenters. The average Bonchev–Trinajstić information content (AvgIpc) is 2.39. The molecule has 2 N–H and O–H groups in total. The second kappa shape index (κ2) is 5.59. The lowest BCUT2D eigenvalue weighted by Crippen LogP contribution is -2.31. The van der Waals surface area contributed by atoms with Crippen LogP contribution < -0.4 is 5.32 Å². The highest BCUT2D eigenvalue weighted by atomic mass is 19.1.